The van der Waals surface area contributed by atoms with Gasteiger partial charge in [-0.3, -0.25) is 9.36 Å². The molecular weight excluding hydrogens is 448 g/mol. The van der Waals surface area contributed by atoms with Gasteiger partial charge in [-0.2, -0.15) is 0 Å². The number of carbonyl (C=O) groups is 3. The number of carboxylic acid groups (broad SMARTS) is 2. The number of benzene rings is 1. The number of fused-ring (bicyclic) bond motifs is 1. The molecule has 0 saturated carbocycles. The molecule has 0 aliphatic carbocycles. The lowest BCUT2D eigenvalue weighted by molar-refractivity contribution is -0.319. The number of nitrogens with zero attached hydrogens (tertiary/aromatic N) is 2. The van der Waals surface area contributed by atoms with E-state index >= 15 is 0 Å². The van der Waals surface area contributed by atoms with Crippen molar-refractivity contribution in [2.24, 2.45) is 4.99 Å². The Morgan fingerprint density at radius 3 is 2.69 bits per heavy atom. The number of carboxylic acids is 2. The second-order valence-electron chi connectivity index (χ2n) is 5.26. The Morgan fingerprint density at radius 1 is 1.38 bits per heavy atom. The van der Waals surface area contributed by atoms with Gasteiger partial charge in [0.15, 0.2) is 3.95 Å². The lowest BCUT2D eigenvalue weighted by Crippen LogP contribution is -2.37. The van der Waals surface area contributed by atoms with E-state index in [-0.39, 0.29) is 14.4 Å². The van der Waals surface area contributed by atoms with Gasteiger partial charge in [-0.15, -0.1) is 11.3 Å². The monoisotopic (exact) mass is 454 g/mol. The summed E-state index contributed by atoms with van der Waals surface area (Å²) in [6.45, 7) is 0. The van der Waals surface area contributed by atoms with Crippen molar-refractivity contribution in [3.63, 3.8) is 0 Å². The fourth-order valence-electron chi connectivity index (χ4n) is 2.56. The summed E-state index contributed by atoms with van der Waals surface area (Å²) in [5, 5.41) is 33.4. The van der Waals surface area contributed by atoms with E-state index in [4.69, 9.17) is 12.2 Å². The van der Waals surface area contributed by atoms with Gasteiger partial charge in [-0.05, 0) is 30.4 Å². The van der Waals surface area contributed by atoms with Gasteiger partial charge in [-0.25, -0.2) is 4.99 Å². The van der Waals surface area contributed by atoms with Crippen LogP contribution in [0.3, 0.4) is 0 Å². The fraction of sp³-hybridized carbons (Fsp3) is 0.133. The zero-order valence-corrected chi connectivity index (χ0v) is 15.8. The number of aliphatic carboxylic acids is 2. The van der Waals surface area contributed by atoms with Crippen molar-refractivity contribution in [2.45, 2.75) is 12.5 Å². The molecule has 0 bridgehead atoms. The second-order valence-corrected chi connectivity index (χ2v) is 7.81. The molecule has 2 heterocycles. The molecule has 134 valence electrons. The van der Waals surface area contributed by atoms with Crippen LogP contribution in [0.2, 0.25) is 0 Å². The van der Waals surface area contributed by atoms with Gasteiger partial charge in [0.2, 0.25) is 5.88 Å². The summed E-state index contributed by atoms with van der Waals surface area (Å²) >= 11 is 9.12. The van der Waals surface area contributed by atoms with Crippen LogP contribution < -0.4 is 20.8 Å². The van der Waals surface area contributed by atoms with Gasteiger partial charge in [0.05, 0.1) is 22.9 Å². The van der Waals surface area contributed by atoms with Crippen molar-refractivity contribution in [2.75, 3.05) is 0 Å². The summed E-state index contributed by atoms with van der Waals surface area (Å²) < 4.78 is 1.28. The minimum Gasteiger partial charge on any atom is -0.550 e. The Morgan fingerprint density at radius 2 is 2.08 bits per heavy atom. The number of hydrogen-bond acceptors (Lipinski definition) is 8. The predicted molar refractivity (Wildman–Crippen MR) is 90.9 cm³/mol. The number of halogens is 1. The molecule has 1 N–H and O–H groups in total. The van der Waals surface area contributed by atoms with Crippen molar-refractivity contribution >= 4 is 62.9 Å². The van der Waals surface area contributed by atoms with E-state index in [0.29, 0.717) is 15.0 Å². The molecular formula is C15H7BrN2O6S2-2. The highest BCUT2D eigenvalue weighted by Crippen LogP contribution is 2.35. The van der Waals surface area contributed by atoms with Gasteiger partial charge in [0, 0.05) is 22.1 Å². The molecule has 1 aromatic heterocycles. The zero-order chi connectivity index (χ0) is 19.2. The molecule has 1 amide bonds. The van der Waals surface area contributed by atoms with E-state index in [1.807, 2.05) is 0 Å². The van der Waals surface area contributed by atoms with E-state index in [1.54, 1.807) is 18.2 Å². The van der Waals surface area contributed by atoms with E-state index in [9.17, 15) is 29.7 Å². The summed E-state index contributed by atoms with van der Waals surface area (Å²) in [6.07, 6.45) is -0.948. The van der Waals surface area contributed by atoms with E-state index in [2.05, 4.69) is 20.9 Å². The normalized spacial score (nSPS) is 14.0. The Hall–Kier alpha value is -2.37. The van der Waals surface area contributed by atoms with Crippen molar-refractivity contribution < 1.29 is 29.7 Å². The van der Waals surface area contributed by atoms with Crippen LogP contribution >= 0.6 is 39.5 Å². The first-order chi connectivity index (χ1) is 12.2. The lowest BCUT2D eigenvalue weighted by atomic mass is 10.1. The molecule has 1 aromatic carbocycles. The second kappa shape index (κ2) is 6.74. The zero-order valence-electron chi connectivity index (χ0n) is 12.6. The number of aromatic nitrogens is 1. The molecule has 1 atom stereocenters. The minimum absolute atomic E-state index is 0.00481. The van der Waals surface area contributed by atoms with E-state index in [0.717, 1.165) is 15.9 Å². The first-order valence-corrected chi connectivity index (χ1v) is 9.00. The van der Waals surface area contributed by atoms with E-state index in [1.165, 1.54) is 0 Å². The number of hydrogen-bond donors (Lipinski definition) is 1. The molecule has 0 fully saturated rings. The highest BCUT2D eigenvalue weighted by molar-refractivity contribution is 9.10. The summed E-state index contributed by atoms with van der Waals surface area (Å²) in [6, 6.07) is 3.16. The molecule has 0 radical (unpaired) electrons. The topological polar surface area (TPSA) is 135 Å². The van der Waals surface area contributed by atoms with Gasteiger partial charge < -0.3 is 24.9 Å². The fourth-order valence-corrected chi connectivity index (χ4v) is 4.36. The van der Waals surface area contributed by atoms with Crippen molar-refractivity contribution in [3.8, 4) is 5.88 Å². The molecule has 1 unspecified atom stereocenters. The third-order valence-electron chi connectivity index (χ3n) is 3.65. The van der Waals surface area contributed by atoms with Gasteiger partial charge in [0.1, 0.15) is 4.88 Å². The van der Waals surface area contributed by atoms with Crippen molar-refractivity contribution in [1.29, 1.82) is 0 Å². The average molecular weight is 455 g/mol. The maximum Gasteiger partial charge on any atom is 0.279 e. The van der Waals surface area contributed by atoms with Crippen LogP contribution in [0.5, 0.6) is 5.88 Å². The van der Waals surface area contributed by atoms with Crippen LogP contribution in [-0.4, -0.2) is 27.5 Å². The smallest absolute Gasteiger partial charge is 0.279 e. The van der Waals surface area contributed by atoms with Crippen molar-refractivity contribution in [3.05, 3.63) is 42.1 Å². The van der Waals surface area contributed by atoms with Crippen LogP contribution in [0.25, 0.3) is 5.57 Å². The quantitative estimate of drug-likeness (QED) is 0.545. The van der Waals surface area contributed by atoms with Crippen LogP contribution in [0.1, 0.15) is 17.3 Å². The molecule has 1 aliphatic rings. The number of carbonyl (C=O) groups excluding carboxylic acids is 3. The van der Waals surface area contributed by atoms with Gasteiger partial charge in [0.25, 0.3) is 5.91 Å². The molecule has 26 heavy (non-hydrogen) atoms. The Kier molecular flexibility index (Phi) is 4.78. The minimum atomic E-state index is -1.77. The summed E-state index contributed by atoms with van der Waals surface area (Å²) in [7, 11) is 0. The Labute approximate surface area is 162 Å². The molecule has 11 heteroatoms. The molecule has 3 rings (SSSR count). The Balaban J connectivity index is 2.27. The van der Waals surface area contributed by atoms with E-state index < -0.39 is 36.2 Å². The summed E-state index contributed by atoms with van der Waals surface area (Å²) in [5.74, 6) is -4.66. The number of rotatable bonds is 5. The maximum atomic E-state index is 12.3. The SMILES string of the molecule is O=C([O-])CC(C(=O)[O-])n1c(O)c(C2=c3cc(Br)ccc3=NC2=O)sc1=S. The lowest BCUT2D eigenvalue weighted by Gasteiger charge is -2.21. The van der Waals surface area contributed by atoms with Crippen LogP contribution in [0.15, 0.2) is 27.7 Å². The summed E-state index contributed by atoms with van der Waals surface area (Å²) in [4.78, 5) is 38.3. The van der Waals surface area contributed by atoms with Crippen LogP contribution in [-0.2, 0) is 14.4 Å². The van der Waals surface area contributed by atoms with Crippen molar-refractivity contribution in [1.82, 2.24) is 4.57 Å². The maximum absolute atomic E-state index is 12.3. The molecule has 2 aromatic rings. The first kappa shape index (κ1) is 18.4. The third-order valence-corrected chi connectivity index (χ3v) is 5.55. The third kappa shape index (κ3) is 3.08. The summed E-state index contributed by atoms with van der Waals surface area (Å²) in [5.41, 5.74) is 0.0548. The molecule has 8 nitrogen and oxygen atoms in total. The standard InChI is InChI=1S/C15H9BrN2O6S2/c16-5-1-2-7-6(3-5)10(12(21)17-7)11-13(22)18(15(25)26-11)8(14(23)24)4-9(19)20/h1-3,8,22H,4H2,(H,19,20)(H,23,24)/p-2. The number of amides is 1. The highest BCUT2D eigenvalue weighted by atomic mass is 79.9. The molecule has 0 spiro atoms. The molecule has 0 saturated heterocycles. The number of thiazole rings is 1. The predicted octanol–water partition coefficient (Wildman–Crippen LogP) is -1.46. The van der Waals surface area contributed by atoms with Crippen LogP contribution in [0.4, 0.5) is 0 Å². The highest BCUT2D eigenvalue weighted by Gasteiger charge is 2.28. The number of aromatic hydroxyl groups is 1. The Bertz CT molecular complexity index is 1150. The van der Waals surface area contributed by atoms with Gasteiger partial charge in [-0.1, -0.05) is 15.9 Å². The average Bonchev–Trinajstić information content (AvgIpc) is 3.00. The first-order valence-electron chi connectivity index (χ1n) is 6.99. The largest absolute Gasteiger partial charge is 0.550 e. The van der Waals surface area contributed by atoms with Gasteiger partial charge >= 0.3 is 0 Å². The van der Waals surface area contributed by atoms with Crippen LogP contribution in [0, 0.1) is 3.95 Å². The molecule has 1 aliphatic heterocycles.